The molecule has 0 aliphatic rings. The molecule has 0 aliphatic carbocycles. The monoisotopic (exact) mass is 325 g/mol. The van der Waals surface area contributed by atoms with Gasteiger partial charge in [0.25, 0.3) is 0 Å². The van der Waals surface area contributed by atoms with Gasteiger partial charge in [0.15, 0.2) is 0 Å². The summed E-state index contributed by atoms with van der Waals surface area (Å²) in [5.74, 6) is 0. The molecule has 0 fully saturated rings. The van der Waals surface area contributed by atoms with Crippen molar-refractivity contribution in [1.82, 2.24) is 0 Å². The fourth-order valence-electron chi connectivity index (χ4n) is 1.56. The molecule has 2 aromatic carbocycles. The molecule has 0 atom stereocenters. The molecule has 2 rings (SSSR count). The topological polar surface area (TPSA) is 87.3 Å². The number of halogens is 1. The van der Waals surface area contributed by atoms with Crippen LogP contribution in [0.1, 0.15) is 0 Å². The molecule has 3 N–H and O–H groups in total. The van der Waals surface area contributed by atoms with Gasteiger partial charge in [0, 0.05) is 22.1 Å². The molecule has 0 unspecified atom stereocenters. The molecule has 0 spiro atoms. The van der Waals surface area contributed by atoms with Crippen molar-refractivity contribution in [2.45, 2.75) is 0 Å². The van der Waals surface area contributed by atoms with Crippen molar-refractivity contribution in [3.8, 4) is 0 Å². The third kappa shape index (κ3) is 4.97. The highest BCUT2D eigenvalue weighted by atomic mass is 35.5. The predicted octanol–water partition coefficient (Wildman–Crippen LogP) is 2.92. The average Bonchev–Trinajstić information content (AvgIpc) is 2.43. The van der Waals surface area contributed by atoms with Crippen molar-refractivity contribution in [1.29, 1.82) is 0 Å². The Bertz CT molecular complexity index is 692. The summed E-state index contributed by atoms with van der Waals surface area (Å²) in [6, 6.07) is 12.5. The summed E-state index contributed by atoms with van der Waals surface area (Å²) in [6.45, 7) is 0. The van der Waals surface area contributed by atoms with E-state index in [9.17, 15) is 13.2 Å². The van der Waals surface area contributed by atoms with E-state index < -0.39 is 16.9 Å². The van der Waals surface area contributed by atoms with Gasteiger partial charge in [-0.1, -0.05) is 11.6 Å². The Morgan fingerprint density at radius 3 is 1.71 bits per heavy atom. The fraction of sp³-hybridized carbons (Fsp3) is 0. The number of thiol groups is 1. The molecule has 0 saturated heterocycles. The van der Waals surface area contributed by atoms with Crippen molar-refractivity contribution < 1.29 is 13.2 Å². The van der Waals surface area contributed by atoms with E-state index in [2.05, 4.69) is 15.4 Å². The maximum absolute atomic E-state index is 11.8. The van der Waals surface area contributed by atoms with Gasteiger partial charge in [-0.3, -0.25) is 4.72 Å². The van der Waals surface area contributed by atoms with Crippen LogP contribution in [0.3, 0.4) is 0 Å². The van der Waals surface area contributed by atoms with Gasteiger partial charge in [0.1, 0.15) is 0 Å². The highest BCUT2D eigenvalue weighted by Gasteiger charge is 2.03. The minimum absolute atomic E-state index is 0.409. The second-order valence-corrected chi connectivity index (χ2v) is 5.21. The molecule has 0 aromatic heterocycles. The quantitative estimate of drug-likeness (QED) is 0.652. The maximum Gasteiger partial charge on any atom is 0.323 e. The molecule has 21 heavy (non-hydrogen) atoms. The largest absolute Gasteiger partial charge is 0.323 e. The van der Waals surface area contributed by atoms with Crippen molar-refractivity contribution >= 4 is 45.6 Å². The normalized spacial score (nSPS) is 10.2. The van der Waals surface area contributed by atoms with E-state index >= 15 is 0 Å². The van der Waals surface area contributed by atoms with Crippen LogP contribution in [0.4, 0.5) is 21.9 Å². The smallest absolute Gasteiger partial charge is 0.308 e. The predicted molar refractivity (Wildman–Crippen MR) is 84.5 cm³/mol. The zero-order chi connectivity index (χ0) is 15.2. The molecule has 0 saturated carbocycles. The molecular weight excluding hydrogens is 314 g/mol. The van der Waals surface area contributed by atoms with E-state index in [1.807, 2.05) is 0 Å². The lowest BCUT2D eigenvalue weighted by molar-refractivity contribution is 0.262. The van der Waals surface area contributed by atoms with Gasteiger partial charge in [-0.25, -0.2) is 13.2 Å². The second-order valence-electron chi connectivity index (χ2n) is 4.03. The first-order valence-corrected chi connectivity index (χ1v) is 7.43. The van der Waals surface area contributed by atoms with Gasteiger partial charge in [0.05, 0.1) is 0 Å². The Morgan fingerprint density at radius 1 is 0.810 bits per heavy atom. The Kier molecular flexibility index (Phi) is 5.02. The van der Waals surface area contributed by atoms with Crippen LogP contribution in [0.5, 0.6) is 0 Å². The summed E-state index contributed by atoms with van der Waals surface area (Å²) >= 11 is 5.75. The highest BCUT2D eigenvalue weighted by Crippen LogP contribution is 2.15. The van der Waals surface area contributed by atoms with Crippen LogP contribution in [-0.4, -0.2) is 14.4 Å². The number of anilines is 3. The standard InChI is InChI=1S/C13H12ClN3O3S/c14-9-1-3-10(4-2-9)15-13(18)16-11-5-7-12(8-6-11)17-21(19)20/h1-8,21H,(H2,15,16,18)(H,17,19,20). The van der Waals surface area contributed by atoms with Gasteiger partial charge in [-0.15, -0.1) is 0 Å². The van der Waals surface area contributed by atoms with Gasteiger partial charge in [-0.05, 0) is 48.5 Å². The van der Waals surface area contributed by atoms with E-state index in [1.165, 1.54) is 0 Å². The van der Waals surface area contributed by atoms with Crippen molar-refractivity contribution in [3.05, 3.63) is 53.6 Å². The Hall–Kier alpha value is -2.25. The molecule has 8 heteroatoms. The van der Waals surface area contributed by atoms with Crippen molar-refractivity contribution in [2.24, 2.45) is 0 Å². The van der Waals surface area contributed by atoms with Crippen LogP contribution < -0.4 is 15.4 Å². The van der Waals surface area contributed by atoms with Gasteiger partial charge in [0.2, 0.25) is 10.9 Å². The van der Waals surface area contributed by atoms with Crippen LogP contribution >= 0.6 is 11.6 Å². The molecule has 110 valence electrons. The summed E-state index contributed by atoms with van der Waals surface area (Å²) in [4.78, 5) is 11.8. The van der Waals surface area contributed by atoms with Crippen LogP contribution in [0, 0.1) is 0 Å². The first-order chi connectivity index (χ1) is 10.0. The number of benzene rings is 2. The number of amides is 2. The van der Waals surface area contributed by atoms with Crippen molar-refractivity contribution in [2.75, 3.05) is 15.4 Å². The van der Waals surface area contributed by atoms with E-state index in [-0.39, 0.29) is 0 Å². The first-order valence-electron chi connectivity index (χ1n) is 5.87. The molecular formula is C13H12ClN3O3S. The van der Waals surface area contributed by atoms with Crippen LogP contribution in [0.25, 0.3) is 0 Å². The van der Waals surface area contributed by atoms with Gasteiger partial charge in [-0.2, -0.15) is 0 Å². The zero-order valence-corrected chi connectivity index (χ0v) is 12.3. The number of urea groups is 1. The minimum Gasteiger partial charge on any atom is -0.308 e. The lowest BCUT2D eigenvalue weighted by atomic mass is 10.3. The number of hydrogen-bond acceptors (Lipinski definition) is 3. The number of rotatable bonds is 4. The first kappa shape index (κ1) is 15.1. The molecule has 0 bridgehead atoms. The van der Waals surface area contributed by atoms with E-state index in [0.717, 1.165) is 0 Å². The third-order valence-electron chi connectivity index (χ3n) is 2.47. The third-order valence-corrected chi connectivity index (χ3v) is 3.16. The Balaban J connectivity index is 1.94. The van der Waals surface area contributed by atoms with Gasteiger partial charge >= 0.3 is 6.03 Å². The summed E-state index contributed by atoms with van der Waals surface area (Å²) in [7, 11) is -2.70. The summed E-state index contributed by atoms with van der Waals surface area (Å²) in [5, 5.41) is 5.85. The number of carbonyl (C=O) groups excluding carboxylic acids is 1. The van der Waals surface area contributed by atoms with Gasteiger partial charge < -0.3 is 10.6 Å². The highest BCUT2D eigenvalue weighted by molar-refractivity contribution is 7.73. The fourth-order valence-corrected chi connectivity index (χ4v) is 2.05. The number of hydrogen-bond donors (Lipinski definition) is 4. The van der Waals surface area contributed by atoms with Crippen LogP contribution in [0.15, 0.2) is 48.5 Å². The van der Waals surface area contributed by atoms with E-state index in [0.29, 0.717) is 22.1 Å². The van der Waals surface area contributed by atoms with E-state index in [1.54, 1.807) is 48.5 Å². The number of carbonyl (C=O) groups is 1. The molecule has 2 amide bonds. The van der Waals surface area contributed by atoms with Crippen LogP contribution in [-0.2, 0) is 10.9 Å². The zero-order valence-electron chi connectivity index (χ0n) is 10.7. The Labute approximate surface area is 128 Å². The average molecular weight is 326 g/mol. The minimum atomic E-state index is -2.70. The molecule has 6 nitrogen and oxygen atoms in total. The molecule has 0 heterocycles. The second kappa shape index (κ2) is 6.96. The molecule has 0 aliphatic heterocycles. The van der Waals surface area contributed by atoms with E-state index in [4.69, 9.17) is 11.6 Å². The summed E-state index contributed by atoms with van der Waals surface area (Å²) in [6.07, 6.45) is 0. The molecule has 2 aromatic rings. The molecule has 0 radical (unpaired) electrons. The summed E-state index contributed by atoms with van der Waals surface area (Å²) < 4.78 is 23.2. The summed E-state index contributed by atoms with van der Waals surface area (Å²) in [5.41, 5.74) is 1.57. The maximum atomic E-state index is 11.8. The lowest BCUT2D eigenvalue weighted by Gasteiger charge is -2.08. The lowest BCUT2D eigenvalue weighted by Crippen LogP contribution is -2.19. The Morgan fingerprint density at radius 2 is 1.24 bits per heavy atom. The number of nitrogens with one attached hydrogen (secondary N) is 3. The SMILES string of the molecule is O=C(Nc1ccc(Cl)cc1)Nc1ccc(N[SH](=O)=O)cc1. The van der Waals surface area contributed by atoms with Crippen molar-refractivity contribution in [3.63, 3.8) is 0 Å². The van der Waals surface area contributed by atoms with Crippen LogP contribution in [0.2, 0.25) is 5.02 Å².